The molecule has 4 aromatic rings. The van der Waals surface area contributed by atoms with Crippen molar-refractivity contribution in [3.05, 3.63) is 60.0 Å². The van der Waals surface area contributed by atoms with Gasteiger partial charge in [-0.3, -0.25) is 4.98 Å². The molecule has 22 heavy (non-hydrogen) atoms. The van der Waals surface area contributed by atoms with Crippen LogP contribution in [0, 0.1) is 13.8 Å². The van der Waals surface area contributed by atoms with E-state index in [4.69, 9.17) is 4.42 Å². The van der Waals surface area contributed by atoms with E-state index in [1.54, 1.807) is 6.20 Å². The van der Waals surface area contributed by atoms with Crippen molar-refractivity contribution >= 4 is 21.9 Å². The zero-order chi connectivity index (χ0) is 15.3. The van der Waals surface area contributed by atoms with E-state index in [2.05, 4.69) is 54.8 Å². The van der Waals surface area contributed by atoms with Crippen LogP contribution in [0.25, 0.3) is 33.2 Å². The second-order valence-corrected chi connectivity index (χ2v) is 5.81. The number of fused-ring (bicyclic) bond motifs is 3. The van der Waals surface area contributed by atoms with Crippen LogP contribution >= 0.6 is 0 Å². The topological polar surface area (TPSA) is 29.9 Å². The molecule has 4 rings (SSSR count). The fourth-order valence-electron chi connectivity index (χ4n) is 3.15. The Hall–Kier alpha value is -2.68. The van der Waals surface area contributed by atoms with E-state index in [-0.39, 0.29) is 0 Å². The Bertz CT molecular complexity index is 1010. The molecule has 3 aromatic heterocycles. The van der Waals surface area contributed by atoms with Gasteiger partial charge in [0.25, 0.3) is 0 Å². The van der Waals surface area contributed by atoms with Crippen LogP contribution in [-0.4, -0.2) is 4.98 Å². The Morgan fingerprint density at radius 3 is 2.68 bits per heavy atom. The predicted molar refractivity (Wildman–Crippen MR) is 87.6 cm³/mol. The third-order valence-electron chi connectivity index (χ3n) is 4.18. The second kappa shape index (κ2) is 4.67. The predicted octanol–water partition coefficient (Wildman–Crippen LogP) is 4.09. The van der Waals surface area contributed by atoms with Crippen LogP contribution in [-0.2, 0) is 7.05 Å². The van der Waals surface area contributed by atoms with Crippen molar-refractivity contribution < 1.29 is 8.98 Å². The SMILES string of the molecule is Cc1ccc(-c2c(C)ccc3oc4ccncc4c23)[n+](C)c1. The molecule has 0 atom stereocenters. The molecule has 3 nitrogen and oxygen atoms in total. The van der Waals surface area contributed by atoms with Crippen molar-refractivity contribution in [3.63, 3.8) is 0 Å². The number of rotatable bonds is 1. The van der Waals surface area contributed by atoms with Gasteiger partial charge in [-0.2, -0.15) is 0 Å². The molecular formula is C19H17N2O+. The lowest BCUT2D eigenvalue weighted by Crippen LogP contribution is -2.31. The molecule has 0 aliphatic rings. The van der Waals surface area contributed by atoms with E-state index >= 15 is 0 Å². The summed E-state index contributed by atoms with van der Waals surface area (Å²) in [7, 11) is 2.08. The van der Waals surface area contributed by atoms with Crippen LogP contribution in [0.4, 0.5) is 0 Å². The van der Waals surface area contributed by atoms with Crippen molar-refractivity contribution in [2.75, 3.05) is 0 Å². The monoisotopic (exact) mass is 289 g/mol. The van der Waals surface area contributed by atoms with Gasteiger partial charge in [-0.25, -0.2) is 4.57 Å². The Morgan fingerprint density at radius 2 is 1.86 bits per heavy atom. The zero-order valence-electron chi connectivity index (χ0n) is 12.9. The fourth-order valence-corrected chi connectivity index (χ4v) is 3.15. The summed E-state index contributed by atoms with van der Waals surface area (Å²) in [5.41, 5.74) is 6.66. The molecule has 3 heterocycles. The Kier molecular flexibility index (Phi) is 2.76. The molecule has 0 N–H and O–H groups in total. The number of pyridine rings is 2. The third kappa shape index (κ3) is 1.82. The molecule has 0 saturated carbocycles. The first-order valence-corrected chi connectivity index (χ1v) is 7.37. The molecule has 0 fully saturated rings. The Balaban J connectivity index is 2.18. The molecule has 0 bridgehead atoms. The number of furan rings is 1. The largest absolute Gasteiger partial charge is 0.456 e. The van der Waals surface area contributed by atoms with Gasteiger partial charge in [-0.1, -0.05) is 6.07 Å². The van der Waals surface area contributed by atoms with Gasteiger partial charge in [0.1, 0.15) is 18.2 Å². The van der Waals surface area contributed by atoms with Crippen molar-refractivity contribution in [2.24, 2.45) is 7.05 Å². The summed E-state index contributed by atoms with van der Waals surface area (Å²) < 4.78 is 8.16. The maximum atomic E-state index is 5.98. The van der Waals surface area contributed by atoms with E-state index in [1.807, 2.05) is 18.3 Å². The summed E-state index contributed by atoms with van der Waals surface area (Å²) in [6, 6.07) is 10.4. The van der Waals surface area contributed by atoms with Gasteiger partial charge in [0.15, 0.2) is 6.20 Å². The fraction of sp³-hybridized carbons (Fsp3) is 0.158. The number of benzene rings is 1. The third-order valence-corrected chi connectivity index (χ3v) is 4.18. The summed E-state index contributed by atoms with van der Waals surface area (Å²) in [5, 5.41) is 2.21. The van der Waals surface area contributed by atoms with Crippen LogP contribution < -0.4 is 4.57 Å². The number of nitrogens with zero attached hydrogens (tertiary/aromatic N) is 2. The summed E-state index contributed by atoms with van der Waals surface area (Å²) in [5.74, 6) is 0. The molecule has 0 aliphatic carbocycles. The maximum Gasteiger partial charge on any atom is 0.213 e. The highest BCUT2D eigenvalue weighted by atomic mass is 16.3. The first kappa shape index (κ1) is 13.0. The lowest BCUT2D eigenvalue weighted by molar-refractivity contribution is -0.660. The van der Waals surface area contributed by atoms with Gasteiger partial charge in [-0.15, -0.1) is 0 Å². The highest BCUT2D eigenvalue weighted by molar-refractivity contribution is 6.12. The molecule has 0 spiro atoms. The minimum Gasteiger partial charge on any atom is -0.456 e. The molecule has 1 aromatic carbocycles. The van der Waals surface area contributed by atoms with E-state index < -0.39 is 0 Å². The highest BCUT2D eigenvalue weighted by Crippen LogP contribution is 2.37. The molecule has 0 amide bonds. The lowest BCUT2D eigenvalue weighted by Gasteiger charge is -2.06. The first-order chi connectivity index (χ1) is 10.6. The number of aryl methyl sites for hydroxylation is 3. The van der Waals surface area contributed by atoms with Gasteiger partial charge in [-0.05, 0) is 37.6 Å². The first-order valence-electron chi connectivity index (χ1n) is 7.37. The Labute approximate surface area is 128 Å². The van der Waals surface area contributed by atoms with Crippen molar-refractivity contribution in [3.8, 4) is 11.3 Å². The van der Waals surface area contributed by atoms with Crippen LogP contribution in [0.2, 0.25) is 0 Å². The smallest absolute Gasteiger partial charge is 0.213 e. The lowest BCUT2D eigenvalue weighted by atomic mass is 9.98. The molecular weight excluding hydrogens is 272 g/mol. The van der Waals surface area contributed by atoms with Gasteiger partial charge in [0, 0.05) is 34.8 Å². The minimum absolute atomic E-state index is 0.881. The summed E-state index contributed by atoms with van der Waals surface area (Å²) >= 11 is 0. The average molecular weight is 289 g/mol. The van der Waals surface area contributed by atoms with Crippen LogP contribution in [0.1, 0.15) is 11.1 Å². The summed E-state index contributed by atoms with van der Waals surface area (Å²) in [6.45, 7) is 4.25. The number of hydrogen-bond donors (Lipinski definition) is 0. The van der Waals surface area contributed by atoms with E-state index in [1.165, 1.54) is 22.4 Å². The molecule has 0 unspecified atom stereocenters. The van der Waals surface area contributed by atoms with Gasteiger partial charge in [0.2, 0.25) is 5.69 Å². The molecule has 0 saturated heterocycles. The number of hydrogen-bond acceptors (Lipinski definition) is 2. The Morgan fingerprint density at radius 1 is 1.00 bits per heavy atom. The van der Waals surface area contributed by atoms with Gasteiger partial charge >= 0.3 is 0 Å². The van der Waals surface area contributed by atoms with E-state index in [0.717, 1.165) is 21.9 Å². The van der Waals surface area contributed by atoms with Crippen LogP contribution in [0.15, 0.2) is 53.3 Å². The van der Waals surface area contributed by atoms with Gasteiger partial charge in [0.05, 0.1) is 5.56 Å². The van der Waals surface area contributed by atoms with Crippen molar-refractivity contribution in [1.82, 2.24) is 4.98 Å². The molecule has 3 heteroatoms. The van der Waals surface area contributed by atoms with Crippen LogP contribution in [0.3, 0.4) is 0 Å². The zero-order valence-corrected chi connectivity index (χ0v) is 12.9. The van der Waals surface area contributed by atoms with Crippen molar-refractivity contribution in [1.29, 1.82) is 0 Å². The summed E-state index contributed by atoms with van der Waals surface area (Å²) in [4.78, 5) is 4.27. The molecule has 0 radical (unpaired) electrons. The molecule has 0 aliphatic heterocycles. The standard InChI is InChI=1S/C19H17N2O/c1-12-4-6-15(21(3)11-12)18-13(2)5-7-17-19(18)14-10-20-9-8-16(14)22-17/h4-11H,1-3H3/q+1. The van der Waals surface area contributed by atoms with Crippen LogP contribution in [0.5, 0.6) is 0 Å². The minimum atomic E-state index is 0.881. The summed E-state index contributed by atoms with van der Waals surface area (Å²) in [6.07, 6.45) is 5.80. The van der Waals surface area contributed by atoms with Crippen molar-refractivity contribution in [2.45, 2.75) is 13.8 Å². The molecule has 108 valence electrons. The quantitative estimate of drug-likeness (QED) is 0.494. The second-order valence-electron chi connectivity index (χ2n) is 5.81. The van der Waals surface area contributed by atoms with E-state index in [0.29, 0.717) is 0 Å². The number of aromatic nitrogens is 2. The average Bonchev–Trinajstić information content (AvgIpc) is 2.87. The van der Waals surface area contributed by atoms with Gasteiger partial charge < -0.3 is 4.42 Å². The maximum absolute atomic E-state index is 5.98. The normalized spacial score (nSPS) is 11.4. The highest BCUT2D eigenvalue weighted by Gasteiger charge is 2.20. The van der Waals surface area contributed by atoms with E-state index in [9.17, 15) is 0 Å².